The predicted octanol–water partition coefficient (Wildman–Crippen LogP) is 2.39. The summed E-state index contributed by atoms with van der Waals surface area (Å²) < 4.78 is 0. The molecular weight excluding hydrogens is 172 g/mol. The van der Waals surface area contributed by atoms with Crippen molar-refractivity contribution in [2.24, 2.45) is 5.92 Å². The van der Waals surface area contributed by atoms with Gasteiger partial charge in [0.05, 0.1) is 0 Å². The smallest absolute Gasteiger partial charge is 0.135 e. The van der Waals surface area contributed by atoms with E-state index >= 15 is 0 Å². The van der Waals surface area contributed by atoms with Crippen LogP contribution < -0.4 is 0 Å². The molecular formula is C9H11ClN2. The zero-order chi connectivity index (χ0) is 8.55. The normalized spacial score (nSPS) is 16.5. The van der Waals surface area contributed by atoms with Gasteiger partial charge < -0.3 is 0 Å². The highest BCUT2D eigenvalue weighted by molar-refractivity contribution is 6.30. The first-order valence-electron chi connectivity index (χ1n) is 4.23. The molecule has 1 saturated carbocycles. The van der Waals surface area contributed by atoms with Gasteiger partial charge in [-0.15, -0.1) is 0 Å². The first kappa shape index (κ1) is 7.99. The molecule has 0 spiro atoms. The molecule has 12 heavy (non-hydrogen) atoms. The fourth-order valence-electron chi connectivity index (χ4n) is 1.31. The van der Waals surface area contributed by atoms with E-state index in [2.05, 4.69) is 9.97 Å². The van der Waals surface area contributed by atoms with Gasteiger partial charge in [-0.25, -0.2) is 9.97 Å². The number of halogens is 1. The monoisotopic (exact) mass is 182 g/mol. The lowest BCUT2D eigenvalue weighted by Gasteiger charge is -2.04. The van der Waals surface area contributed by atoms with E-state index in [0.29, 0.717) is 5.15 Å². The van der Waals surface area contributed by atoms with Crippen LogP contribution in [0.25, 0.3) is 0 Å². The van der Waals surface area contributed by atoms with Crippen molar-refractivity contribution in [1.29, 1.82) is 0 Å². The van der Waals surface area contributed by atoms with Crippen molar-refractivity contribution in [2.75, 3.05) is 0 Å². The van der Waals surface area contributed by atoms with Gasteiger partial charge in [0.25, 0.3) is 0 Å². The zero-order valence-corrected chi connectivity index (χ0v) is 7.80. The molecule has 0 aliphatic heterocycles. The quantitative estimate of drug-likeness (QED) is 0.657. The number of hydrogen-bond donors (Lipinski definition) is 0. The third-order valence-electron chi connectivity index (χ3n) is 2.30. The molecule has 0 N–H and O–H groups in total. The first-order chi connectivity index (χ1) is 5.77. The summed E-state index contributed by atoms with van der Waals surface area (Å²) in [6.07, 6.45) is 5.26. The molecule has 1 aliphatic carbocycles. The predicted molar refractivity (Wildman–Crippen MR) is 48.2 cm³/mol. The van der Waals surface area contributed by atoms with Crippen LogP contribution in [0.5, 0.6) is 0 Å². The van der Waals surface area contributed by atoms with Crippen LogP contribution in [0.3, 0.4) is 0 Å². The second kappa shape index (κ2) is 3.02. The van der Waals surface area contributed by atoms with Crippen molar-refractivity contribution < 1.29 is 0 Å². The van der Waals surface area contributed by atoms with Gasteiger partial charge in [0.1, 0.15) is 11.5 Å². The highest BCUT2D eigenvalue weighted by Gasteiger charge is 2.23. The molecule has 3 heteroatoms. The molecule has 1 heterocycles. The summed E-state index contributed by atoms with van der Waals surface area (Å²) in [7, 11) is 0. The zero-order valence-electron chi connectivity index (χ0n) is 7.05. The van der Waals surface area contributed by atoms with Gasteiger partial charge in [-0.2, -0.15) is 0 Å². The topological polar surface area (TPSA) is 25.8 Å². The molecule has 0 atom stereocenters. The molecule has 0 bridgehead atoms. The van der Waals surface area contributed by atoms with Crippen LogP contribution >= 0.6 is 11.6 Å². The summed E-state index contributed by atoms with van der Waals surface area (Å²) >= 11 is 5.95. The molecule has 1 fully saturated rings. The number of nitrogens with zero attached hydrogens (tertiary/aromatic N) is 2. The van der Waals surface area contributed by atoms with Crippen LogP contribution in [0.15, 0.2) is 6.33 Å². The minimum atomic E-state index is 0.634. The Morgan fingerprint density at radius 2 is 2.25 bits per heavy atom. The number of hydrogen-bond acceptors (Lipinski definition) is 2. The Bertz CT molecular complexity index is 274. The molecule has 64 valence electrons. The largest absolute Gasteiger partial charge is 0.241 e. The van der Waals surface area contributed by atoms with E-state index in [1.54, 1.807) is 0 Å². The molecule has 2 rings (SSSR count). The summed E-state index contributed by atoms with van der Waals surface area (Å²) in [5.41, 5.74) is 2.17. The van der Waals surface area contributed by atoms with E-state index in [1.807, 2.05) is 6.92 Å². The summed E-state index contributed by atoms with van der Waals surface area (Å²) in [6, 6.07) is 0. The fourth-order valence-corrected chi connectivity index (χ4v) is 1.57. The Hall–Kier alpha value is -0.630. The third-order valence-corrected chi connectivity index (χ3v) is 2.62. The van der Waals surface area contributed by atoms with E-state index in [-0.39, 0.29) is 0 Å². The highest BCUT2D eigenvalue weighted by atomic mass is 35.5. The maximum absolute atomic E-state index is 5.95. The second-order valence-electron chi connectivity index (χ2n) is 3.38. The summed E-state index contributed by atoms with van der Waals surface area (Å²) in [5, 5.41) is 0.634. The second-order valence-corrected chi connectivity index (χ2v) is 3.73. The minimum absolute atomic E-state index is 0.634. The molecule has 0 saturated heterocycles. The van der Waals surface area contributed by atoms with Crippen LogP contribution in [-0.4, -0.2) is 9.97 Å². The van der Waals surface area contributed by atoms with Crippen LogP contribution in [0, 0.1) is 12.8 Å². The van der Waals surface area contributed by atoms with E-state index in [4.69, 9.17) is 11.6 Å². The molecule has 1 aromatic heterocycles. The SMILES string of the molecule is Cc1ncnc(Cl)c1CC1CC1. The lowest BCUT2D eigenvalue weighted by atomic mass is 10.1. The average Bonchev–Trinajstić information content (AvgIpc) is 2.80. The third kappa shape index (κ3) is 1.58. The van der Waals surface area contributed by atoms with Gasteiger partial charge in [0, 0.05) is 11.3 Å². The Labute approximate surface area is 77.0 Å². The van der Waals surface area contributed by atoms with Gasteiger partial charge in [-0.1, -0.05) is 11.6 Å². The van der Waals surface area contributed by atoms with E-state index < -0.39 is 0 Å². The van der Waals surface area contributed by atoms with Crippen LogP contribution in [0.2, 0.25) is 5.15 Å². The standard InChI is InChI=1S/C9H11ClN2/c1-6-8(4-7-2-3-7)9(10)12-5-11-6/h5,7H,2-4H2,1H3. The van der Waals surface area contributed by atoms with Gasteiger partial charge >= 0.3 is 0 Å². The molecule has 0 amide bonds. The molecule has 0 unspecified atom stereocenters. The number of rotatable bonds is 2. The van der Waals surface area contributed by atoms with Crippen molar-refractivity contribution >= 4 is 11.6 Å². The summed E-state index contributed by atoms with van der Waals surface area (Å²) in [4.78, 5) is 8.10. The van der Waals surface area contributed by atoms with Crippen LogP contribution in [0.1, 0.15) is 24.1 Å². The van der Waals surface area contributed by atoms with E-state index in [9.17, 15) is 0 Å². The lowest BCUT2D eigenvalue weighted by Crippen LogP contribution is -1.97. The fraction of sp³-hybridized carbons (Fsp3) is 0.556. The molecule has 1 aliphatic rings. The maximum Gasteiger partial charge on any atom is 0.135 e. The van der Waals surface area contributed by atoms with Crippen molar-refractivity contribution in [2.45, 2.75) is 26.2 Å². The number of aryl methyl sites for hydroxylation is 1. The first-order valence-corrected chi connectivity index (χ1v) is 4.61. The molecule has 2 nitrogen and oxygen atoms in total. The minimum Gasteiger partial charge on any atom is -0.241 e. The van der Waals surface area contributed by atoms with Crippen LogP contribution in [0.4, 0.5) is 0 Å². The van der Waals surface area contributed by atoms with Crippen molar-refractivity contribution in [1.82, 2.24) is 9.97 Å². The Kier molecular flexibility index (Phi) is 2.01. The Balaban J connectivity index is 2.26. The molecule has 0 radical (unpaired) electrons. The van der Waals surface area contributed by atoms with Crippen molar-refractivity contribution in [3.05, 3.63) is 22.7 Å². The Morgan fingerprint density at radius 3 is 2.83 bits per heavy atom. The van der Waals surface area contributed by atoms with Crippen molar-refractivity contribution in [3.63, 3.8) is 0 Å². The van der Waals surface area contributed by atoms with E-state index in [0.717, 1.165) is 23.6 Å². The van der Waals surface area contributed by atoms with E-state index in [1.165, 1.54) is 19.2 Å². The van der Waals surface area contributed by atoms with Crippen molar-refractivity contribution in [3.8, 4) is 0 Å². The molecule has 0 aromatic carbocycles. The van der Waals surface area contributed by atoms with Gasteiger partial charge in [0.2, 0.25) is 0 Å². The number of aromatic nitrogens is 2. The Morgan fingerprint density at radius 1 is 1.50 bits per heavy atom. The lowest BCUT2D eigenvalue weighted by molar-refractivity contribution is 0.809. The van der Waals surface area contributed by atoms with Gasteiger partial charge in [-0.3, -0.25) is 0 Å². The summed E-state index contributed by atoms with van der Waals surface area (Å²) in [6.45, 7) is 1.99. The maximum atomic E-state index is 5.95. The van der Waals surface area contributed by atoms with Crippen LogP contribution in [-0.2, 0) is 6.42 Å². The average molecular weight is 183 g/mol. The van der Waals surface area contributed by atoms with Gasteiger partial charge in [0.15, 0.2) is 0 Å². The molecule has 1 aromatic rings. The summed E-state index contributed by atoms with van der Waals surface area (Å²) in [5.74, 6) is 0.840. The van der Waals surface area contributed by atoms with Gasteiger partial charge in [-0.05, 0) is 32.1 Å². The highest BCUT2D eigenvalue weighted by Crippen LogP contribution is 2.34.